The molecule has 0 aliphatic carbocycles. The number of carboxylic acid groups (broad SMARTS) is 1. The number of ether oxygens (including phenoxy) is 3. The summed E-state index contributed by atoms with van der Waals surface area (Å²) in [5.41, 5.74) is 0. The molecule has 0 fully saturated rings. The summed E-state index contributed by atoms with van der Waals surface area (Å²) in [7, 11) is 5.47. The van der Waals surface area contributed by atoms with Crippen LogP contribution in [-0.4, -0.2) is 80.6 Å². The SMILES string of the molecule is CC/C=C\C/C=C\C/C=C\C/C=C\C/C=C\CC(=O)OC(COCCC(C(=O)O)[N+](C)(C)C)COC(=O)CCCCCCCC/C=C\C/C=C\C/C=C\C/C=C\CC. The predicted molar refractivity (Wildman–Crippen MR) is 242 cm³/mol. The minimum absolute atomic E-state index is 0.00901. The van der Waals surface area contributed by atoms with Crippen molar-refractivity contribution in [3.63, 3.8) is 0 Å². The Balaban J connectivity index is 4.50. The van der Waals surface area contributed by atoms with Crippen LogP contribution in [0, 0.1) is 0 Å². The summed E-state index contributed by atoms with van der Waals surface area (Å²) >= 11 is 0. The molecule has 0 bridgehead atoms. The van der Waals surface area contributed by atoms with Gasteiger partial charge in [0.05, 0.1) is 40.8 Å². The van der Waals surface area contributed by atoms with Gasteiger partial charge >= 0.3 is 17.9 Å². The first-order valence-electron chi connectivity index (χ1n) is 21.9. The summed E-state index contributed by atoms with van der Waals surface area (Å²) in [6.45, 7) is 4.36. The summed E-state index contributed by atoms with van der Waals surface area (Å²) in [4.78, 5) is 36.9. The lowest BCUT2D eigenvalue weighted by Crippen LogP contribution is -2.50. The van der Waals surface area contributed by atoms with E-state index in [2.05, 4.69) is 111 Å². The summed E-state index contributed by atoms with van der Waals surface area (Å²) in [5, 5.41) is 9.61. The molecule has 2 atom stereocenters. The first-order valence-corrected chi connectivity index (χ1v) is 21.9. The van der Waals surface area contributed by atoms with Crippen LogP contribution < -0.4 is 0 Å². The van der Waals surface area contributed by atoms with Gasteiger partial charge in [-0.2, -0.15) is 0 Å². The third kappa shape index (κ3) is 37.6. The average molecular weight is 807 g/mol. The van der Waals surface area contributed by atoms with Crippen molar-refractivity contribution >= 4 is 17.9 Å². The second-order valence-corrected chi connectivity index (χ2v) is 15.2. The maximum atomic E-state index is 12.7. The van der Waals surface area contributed by atoms with Crippen molar-refractivity contribution in [3.05, 3.63) is 109 Å². The van der Waals surface area contributed by atoms with E-state index in [1.54, 1.807) is 6.08 Å². The maximum Gasteiger partial charge on any atom is 0.362 e. The molecule has 0 saturated carbocycles. The van der Waals surface area contributed by atoms with Crippen molar-refractivity contribution < 1.29 is 38.2 Å². The fourth-order valence-corrected chi connectivity index (χ4v) is 5.63. The molecule has 0 aromatic heterocycles. The van der Waals surface area contributed by atoms with E-state index < -0.39 is 24.1 Å². The van der Waals surface area contributed by atoms with E-state index in [4.69, 9.17) is 14.2 Å². The third-order valence-corrected chi connectivity index (χ3v) is 8.95. The number of rotatable bonds is 37. The Kier molecular flexibility index (Phi) is 37.0. The molecule has 1 N–H and O–H groups in total. The van der Waals surface area contributed by atoms with Crippen molar-refractivity contribution in [2.24, 2.45) is 0 Å². The molecular weight excluding hydrogens is 727 g/mol. The number of esters is 2. The Labute approximate surface area is 353 Å². The fourth-order valence-electron chi connectivity index (χ4n) is 5.63. The van der Waals surface area contributed by atoms with Crippen LogP contribution in [0.25, 0.3) is 0 Å². The van der Waals surface area contributed by atoms with Crippen LogP contribution in [0.3, 0.4) is 0 Å². The number of hydrogen-bond acceptors (Lipinski definition) is 6. The smallest absolute Gasteiger partial charge is 0.362 e. The lowest BCUT2D eigenvalue weighted by molar-refractivity contribution is -0.887. The molecule has 58 heavy (non-hydrogen) atoms. The lowest BCUT2D eigenvalue weighted by Gasteiger charge is -2.31. The molecule has 0 heterocycles. The highest BCUT2D eigenvalue weighted by Crippen LogP contribution is 2.12. The van der Waals surface area contributed by atoms with Gasteiger partial charge < -0.3 is 23.8 Å². The van der Waals surface area contributed by atoms with E-state index in [1.165, 1.54) is 12.8 Å². The van der Waals surface area contributed by atoms with Gasteiger partial charge in [-0.05, 0) is 77.0 Å². The Morgan fingerprint density at radius 3 is 1.43 bits per heavy atom. The van der Waals surface area contributed by atoms with E-state index in [0.29, 0.717) is 19.3 Å². The van der Waals surface area contributed by atoms with Gasteiger partial charge in [0.1, 0.15) is 6.61 Å². The summed E-state index contributed by atoms with van der Waals surface area (Å²) in [6, 6.07) is -0.639. The molecule has 0 aromatic carbocycles. The Hall–Kier alpha value is -4.01. The Morgan fingerprint density at radius 2 is 0.966 bits per heavy atom. The fraction of sp³-hybridized carbons (Fsp3) is 0.580. The molecule has 0 radical (unpaired) electrons. The number of carbonyl (C=O) groups is 3. The first kappa shape index (κ1) is 54.0. The molecule has 326 valence electrons. The highest BCUT2D eigenvalue weighted by atomic mass is 16.6. The summed E-state index contributed by atoms with van der Waals surface area (Å²) in [5.74, 6) is -1.66. The van der Waals surface area contributed by atoms with E-state index in [0.717, 1.165) is 83.5 Å². The highest BCUT2D eigenvalue weighted by molar-refractivity contribution is 5.72. The van der Waals surface area contributed by atoms with Crippen LogP contribution in [0.1, 0.15) is 136 Å². The molecule has 0 spiro atoms. The van der Waals surface area contributed by atoms with Gasteiger partial charge in [-0.25, -0.2) is 4.79 Å². The van der Waals surface area contributed by atoms with Gasteiger partial charge in [0, 0.05) is 12.8 Å². The number of hydrogen-bond donors (Lipinski definition) is 1. The number of likely N-dealkylation sites (N-methyl/N-ethyl adjacent to an activating group) is 1. The number of carbonyl (C=O) groups excluding carboxylic acids is 2. The number of quaternary nitrogens is 1. The molecule has 0 aliphatic rings. The quantitative estimate of drug-likeness (QED) is 0.0289. The van der Waals surface area contributed by atoms with Crippen molar-refractivity contribution in [2.75, 3.05) is 41.0 Å². The zero-order valence-corrected chi connectivity index (χ0v) is 36.9. The maximum absolute atomic E-state index is 12.7. The number of unbranched alkanes of at least 4 members (excludes halogenated alkanes) is 6. The number of carboxylic acids is 1. The number of allylic oxidation sites excluding steroid dienone is 17. The lowest BCUT2D eigenvalue weighted by atomic mass is 10.1. The molecule has 8 nitrogen and oxygen atoms in total. The Bertz CT molecular complexity index is 1310. The molecule has 0 amide bonds. The van der Waals surface area contributed by atoms with Crippen molar-refractivity contribution in [2.45, 2.75) is 148 Å². The van der Waals surface area contributed by atoms with Gasteiger partial charge in [-0.1, -0.05) is 149 Å². The van der Waals surface area contributed by atoms with E-state index in [-0.39, 0.29) is 36.7 Å². The first-order chi connectivity index (χ1) is 28.1. The van der Waals surface area contributed by atoms with E-state index in [9.17, 15) is 19.5 Å². The molecule has 0 aliphatic heterocycles. The normalized spacial score (nSPS) is 14.0. The van der Waals surface area contributed by atoms with Crippen LogP contribution in [0.4, 0.5) is 0 Å². The summed E-state index contributed by atoms with van der Waals surface area (Å²) in [6.07, 6.45) is 54.5. The minimum Gasteiger partial charge on any atom is -0.477 e. The molecule has 2 unspecified atom stereocenters. The van der Waals surface area contributed by atoms with Crippen LogP contribution in [0.15, 0.2) is 109 Å². The summed E-state index contributed by atoms with van der Waals surface area (Å²) < 4.78 is 17.1. The van der Waals surface area contributed by atoms with Crippen LogP contribution in [0.5, 0.6) is 0 Å². The highest BCUT2D eigenvalue weighted by Gasteiger charge is 2.31. The zero-order chi connectivity index (χ0) is 42.8. The van der Waals surface area contributed by atoms with Gasteiger partial charge in [0.2, 0.25) is 0 Å². The minimum atomic E-state index is -0.896. The second-order valence-electron chi connectivity index (χ2n) is 15.2. The van der Waals surface area contributed by atoms with Gasteiger partial charge in [-0.15, -0.1) is 0 Å². The Morgan fingerprint density at radius 1 is 0.534 bits per heavy atom. The van der Waals surface area contributed by atoms with E-state index >= 15 is 0 Å². The van der Waals surface area contributed by atoms with Crippen molar-refractivity contribution in [1.29, 1.82) is 0 Å². The largest absolute Gasteiger partial charge is 0.477 e. The molecule has 8 heteroatoms. The van der Waals surface area contributed by atoms with E-state index in [1.807, 2.05) is 27.2 Å². The van der Waals surface area contributed by atoms with Crippen LogP contribution in [0.2, 0.25) is 0 Å². The number of nitrogens with zero attached hydrogens (tertiary/aromatic N) is 1. The second kappa shape index (κ2) is 39.8. The topological polar surface area (TPSA) is 99.1 Å². The molecule has 0 saturated heterocycles. The van der Waals surface area contributed by atoms with Crippen LogP contribution in [-0.2, 0) is 28.6 Å². The molecule has 0 rings (SSSR count). The monoisotopic (exact) mass is 807 g/mol. The third-order valence-electron chi connectivity index (χ3n) is 8.95. The standard InChI is InChI=1S/C50H79NO7/c1-6-8-10-12-14-16-18-20-22-23-24-25-27-28-30-32-34-36-38-40-48(52)57-45-46(44-56-43-42-47(50(54)55)51(3,4)5)58-49(53)41-39-37-35-33-31-29-26-21-19-17-15-13-11-9-7-2/h8-11,14-17,20-22,24-26,31,33,37,39,46-47H,6-7,12-13,18-19,23,27-30,32,34-36,38,40-45H2,1-5H3/p+1/b10-8-,11-9-,16-14-,17-15-,22-20-,25-24-,26-21-,33-31-,39-37-. The van der Waals surface area contributed by atoms with Gasteiger partial charge in [0.15, 0.2) is 12.1 Å². The van der Waals surface area contributed by atoms with Crippen molar-refractivity contribution in [1.82, 2.24) is 0 Å². The van der Waals surface area contributed by atoms with Gasteiger partial charge in [-0.3, -0.25) is 9.59 Å². The zero-order valence-electron chi connectivity index (χ0n) is 36.9. The average Bonchev–Trinajstić information content (AvgIpc) is 3.18. The van der Waals surface area contributed by atoms with Gasteiger partial charge in [0.25, 0.3) is 0 Å². The van der Waals surface area contributed by atoms with Crippen molar-refractivity contribution in [3.8, 4) is 0 Å². The molecular formula is C50H80NO7+. The molecule has 0 aromatic rings. The predicted octanol–water partition coefficient (Wildman–Crippen LogP) is 12.1. The van der Waals surface area contributed by atoms with Crippen LogP contribution >= 0.6 is 0 Å². The number of aliphatic carboxylic acids is 1.